The highest BCUT2D eigenvalue weighted by molar-refractivity contribution is 6.31. The fourth-order valence-corrected chi connectivity index (χ4v) is 2.32. The number of rotatable bonds is 3. The maximum Gasteiger partial charge on any atom is 0.176 e. The molecule has 18 heavy (non-hydrogen) atoms. The zero-order chi connectivity index (χ0) is 13.1. The van der Waals surface area contributed by atoms with Crippen molar-refractivity contribution < 1.29 is 9.53 Å². The molecule has 98 valence electrons. The van der Waals surface area contributed by atoms with E-state index in [1.54, 1.807) is 18.2 Å². The summed E-state index contributed by atoms with van der Waals surface area (Å²) in [6.07, 6.45) is 0.188. The average molecular weight is 268 g/mol. The Bertz CT molecular complexity index is 436. The Hall–Kier alpha value is -0.900. The molecule has 2 unspecified atom stereocenters. The second kappa shape index (κ2) is 5.83. The van der Waals surface area contributed by atoms with E-state index in [1.807, 2.05) is 13.0 Å². The van der Waals surface area contributed by atoms with Crippen molar-refractivity contribution in [2.24, 2.45) is 0 Å². The average Bonchev–Trinajstić information content (AvgIpc) is 2.34. The summed E-state index contributed by atoms with van der Waals surface area (Å²) in [6, 6.07) is 7.39. The fraction of sp³-hybridized carbons (Fsp3) is 0.500. The normalized spacial score (nSPS) is 25.1. The molecule has 1 aromatic rings. The minimum atomic E-state index is 0.110. The Labute approximate surface area is 113 Å². The van der Waals surface area contributed by atoms with E-state index in [-0.39, 0.29) is 17.9 Å². The molecule has 0 N–H and O–H groups in total. The van der Waals surface area contributed by atoms with Gasteiger partial charge in [-0.3, -0.25) is 9.69 Å². The third-order valence-electron chi connectivity index (χ3n) is 3.23. The third kappa shape index (κ3) is 3.31. The Morgan fingerprint density at radius 2 is 2.28 bits per heavy atom. The Morgan fingerprint density at radius 1 is 1.50 bits per heavy atom. The van der Waals surface area contributed by atoms with Gasteiger partial charge in [-0.15, -0.1) is 0 Å². The minimum Gasteiger partial charge on any atom is -0.376 e. The molecule has 1 fully saturated rings. The smallest absolute Gasteiger partial charge is 0.176 e. The van der Waals surface area contributed by atoms with Crippen molar-refractivity contribution in [1.82, 2.24) is 4.90 Å². The first-order valence-corrected chi connectivity index (χ1v) is 6.58. The number of ketones is 1. The van der Waals surface area contributed by atoms with Crippen LogP contribution in [0.1, 0.15) is 24.2 Å². The topological polar surface area (TPSA) is 29.5 Å². The molecule has 1 aromatic carbocycles. The molecular formula is C14H18ClNO2. The van der Waals surface area contributed by atoms with Crippen LogP contribution in [-0.4, -0.2) is 42.5 Å². The third-order valence-corrected chi connectivity index (χ3v) is 3.47. The van der Waals surface area contributed by atoms with Crippen LogP contribution < -0.4 is 0 Å². The Kier molecular flexibility index (Phi) is 4.38. The minimum absolute atomic E-state index is 0.110. The highest BCUT2D eigenvalue weighted by Gasteiger charge is 2.25. The van der Waals surface area contributed by atoms with Gasteiger partial charge in [0.15, 0.2) is 5.78 Å². The zero-order valence-electron chi connectivity index (χ0n) is 10.7. The van der Waals surface area contributed by atoms with Gasteiger partial charge < -0.3 is 4.74 Å². The summed E-state index contributed by atoms with van der Waals surface area (Å²) in [6.45, 7) is 6.02. The molecule has 0 amide bonds. The first-order valence-electron chi connectivity index (χ1n) is 6.20. The van der Waals surface area contributed by atoms with Gasteiger partial charge >= 0.3 is 0 Å². The lowest BCUT2D eigenvalue weighted by Crippen LogP contribution is -2.49. The molecule has 0 spiro atoms. The van der Waals surface area contributed by atoms with Gasteiger partial charge in [0.1, 0.15) is 0 Å². The number of carbonyl (C=O) groups is 1. The molecule has 2 rings (SSSR count). The van der Waals surface area contributed by atoms with Crippen LogP contribution in [0.15, 0.2) is 24.3 Å². The number of ether oxygens (including phenoxy) is 1. The lowest BCUT2D eigenvalue weighted by atomic mass is 10.1. The highest BCUT2D eigenvalue weighted by Crippen LogP contribution is 2.15. The maximum absolute atomic E-state index is 12.2. The largest absolute Gasteiger partial charge is 0.376 e. The molecule has 0 bridgehead atoms. The number of hydrogen-bond acceptors (Lipinski definition) is 3. The van der Waals surface area contributed by atoms with E-state index in [9.17, 15) is 4.79 Å². The van der Waals surface area contributed by atoms with Gasteiger partial charge in [-0.1, -0.05) is 23.7 Å². The molecule has 1 aliphatic rings. The predicted molar refractivity (Wildman–Crippen MR) is 72.2 cm³/mol. The van der Waals surface area contributed by atoms with Crippen LogP contribution in [-0.2, 0) is 4.74 Å². The van der Waals surface area contributed by atoms with Gasteiger partial charge in [0.25, 0.3) is 0 Å². The summed E-state index contributed by atoms with van der Waals surface area (Å²) in [4.78, 5) is 14.3. The van der Waals surface area contributed by atoms with Crippen molar-refractivity contribution in [2.75, 3.05) is 19.7 Å². The fourth-order valence-electron chi connectivity index (χ4n) is 2.13. The molecule has 3 nitrogen and oxygen atoms in total. The van der Waals surface area contributed by atoms with E-state index in [4.69, 9.17) is 16.3 Å². The van der Waals surface area contributed by atoms with Gasteiger partial charge in [0, 0.05) is 23.2 Å². The van der Waals surface area contributed by atoms with Crippen molar-refractivity contribution in [3.05, 3.63) is 34.9 Å². The number of benzene rings is 1. The number of halogens is 1. The first-order chi connectivity index (χ1) is 8.56. The molecule has 0 radical (unpaired) electrons. The molecule has 1 heterocycles. The zero-order valence-corrected chi connectivity index (χ0v) is 11.5. The van der Waals surface area contributed by atoms with Crippen molar-refractivity contribution in [3.63, 3.8) is 0 Å². The monoisotopic (exact) mass is 267 g/mol. The highest BCUT2D eigenvalue weighted by atomic mass is 35.5. The van der Waals surface area contributed by atoms with E-state index < -0.39 is 0 Å². The number of Topliss-reactive ketones (excluding diaryl/α,β-unsaturated/α-hetero) is 1. The quantitative estimate of drug-likeness (QED) is 0.789. The lowest BCUT2D eigenvalue weighted by molar-refractivity contribution is -0.0460. The molecule has 1 saturated heterocycles. The van der Waals surface area contributed by atoms with Crippen LogP contribution in [0.3, 0.4) is 0 Å². The summed E-state index contributed by atoms with van der Waals surface area (Å²) in [5.74, 6) is 0.110. The van der Waals surface area contributed by atoms with Crippen molar-refractivity contribution in [1.29, 1.82) is 0 Å². The van der Waals surface area contributed by atoms with Gasteiger partial charge in [0.2, 0.25) is 0 Å². The first kappa shape index (κ1) is 13.5. The number of morpholine rings is 1. The van der Waals surface area contributed by atoms with E-state index in [2.05, 4.69) is 11.8 Å². The molecule has 0 aromatic heterocycles. The van der Waals surface area contributed by atoms with E-state index in [0.717, 1.165) is 6.54 Å². The van der Waals surface area contributed by atoms with Crippen LogP contribution in [0.2, 0.25) is 5.02 Å². The molecular weight excluding hydrogens is 250 g/mol. The molecule has 4 heteroatoms. The second-order valence-corrected chi connectivity index (χ2v) is 5.29. The van der Waals surface area contributed by atoms with Crippen LogP contribution in [0, 0.1) is 0 Å². The maximum atomic E-state index is 12.2. The summed E-state index contributed by atoms with van der Waals surface area (Å²) in [5, 5.41) is 0.601. The number of carbonyl (C=O) groups excluding carboxylic acids is 1. The standard InChI is InChI=1S/C14H18ClNO2/c1-10-9-18-11(2)7-16(10)8-14(17)12-4-3-5-13(15)6-12/h3-6,10-11H,7-9H2,1-2H3. The van der Waals surface area contributed by atoms with Crippen LogP contribution >= 0.6 is 11.6 Å². The van der Waals surface area contributed by atoms with Gasteiger partial charge in [-0.25, -0.2) is 0 Å². The van der Waals surface area contributed by atoms with Crippen LogP contribution in [0.25, 0.3) is 0 Å². The van der Waals surface area contributed by atoms with Crippen LogP contribution in [0.5, 0.6) is 0 Å². The second-order valence-electron chi connectivity index (χ2n) is 4.86. The molecule has 0 saturated carbocycles. The predicted octanol–water partition coefficient (Wildman–Crippen LogP) is 2.63. The lowest BCUT2D eigenvalue weighted by Gasteiger charge is -2.36. The van der Waals surface area contributed by atoms with Crippen molar-refractivity contribution in [2.45, 2.75) is 26.0 Å². The van der Waals surface area contributed by atoms with E-state index in [1.165, 1.54) is 0 Å². The van der Waals surface area contributed by atoms with Gasteiger partial charge in [0.05, 0.1) is 19.3 Å². The Balaban J connectivity index is 2.02. The van der Waals surface area contributed by atoms with Gasteiger partial charge in [-0.2, -0.15) is 0 Å². The van der Waals surface area contributed by atoms with E-state index in [0.29, 0.717) is 23.7 Å². The summed E-state index contributed by atoms with van der Waals surface area (Å²) in [7, 11) is 0. The number of nitrogens with zero attached hydrogens (tertiary/aromatic N) is 1. The van der Waals surface area contributed by atoms with Crippen LogP contribution in [0.4, 0.5) is 0 Å². The number of hydrogen-bond donors (Lipinski definition) is 0. The molecule has 2 atom stereocenters. The molecule has 1 aliphatic heterocycles. The van der Waals surface area contributed by atoms with Crippen molar-refractivity contribution >= 4 is 17.4 Å². The molecule has 0 aliphatic carbocycles. The summed E-state index contributed by atoms with van der Waals surface area (Å²) in [5.41, 5.74) is 0.675. The summed E-state index contributed by atoms with van der Waals surface area (Å²) < 4.78 is 5.55. The van der Waals surface area contributed by atoms with Crippen molar-refractivity contribution in [3.8, 4) is 0 Å². The SMILES string of the molecule is CC1CN(CC(=O)c2cccc(Cl)c2)C(C)CO1. The van der Waals surface area contributed by atoms with Gasteiger partial charge in [-0.05, 0) is 26.0 Å². The van der Waals surface area contributed by atoms with E-state index >= 15 is 0 Å². The summed E-state index contributed by atoms with van der Waals surface area (Å²) >= 11 is 5.90. The Morgan fingerprint density at radius 3 is 3.00 bits per heavy atom.